The third-order valence-corrected chi connectivity index (χ3v) is 2.34. The van der Waals surface area contributed by atoms with Crippen LogP contribution in [0.4, 0.5) is 28.4 Å². The molecule has 1 aromatic carbocycles. The SMILES string of the molecule is Nc1c([N+](=O)[O-])c(N)c([N+](=O)[O-])c(Cl)c1[N+](=O)[O-]. The first kappa shape index (κ1) is 13.4. The number of nitrogens with zero attached hydrogens (tertiary/aromatic N) is 3. The number of nitro benzene ring substituents is 3. The standard InChI is InChI=1S/C6H4ClN5O6/c7-1-4(10(13)14)2(8)6(12(17)18)3(9)5(1)11(15)16/h8-9H2. The smallest absolute Gasteiger partial charge is 0.329 e. The molecule has 0 fully saturated rings. The zero-order valence-corrected chi connectivity index (χ0v) is 9.08. The fraction of sp³-hybridized carbons (Fsp3) is 0. The normalized spacial score (nSPS) is 10.1. The summed E-state index contributed by atoms with van der Waals surface area (Å²) in [5.74, 6) is 0. The highest BCUT2D eigenvalue weighted by molar-refractivity contribution is 6.36. The summed E-state index contributed by atoms with van der Waals surface area (Å²) in [6.07, 6.45) is 0. The molecule has 18 heavy (non-hydrogen) atoms. The maximum absolute atomic E-state index is 10.7. The van der Waals surface area contributed by atoms with Crippen molar-refractivity contribution < 1.29 is 14.8 Å². The Morgan fingerprint density at radius 2 is 1.06 bits per heavy atom. The minimum Gasteiger partial charge on any atom is -0.387 e. The maximum Gasteiger partial charge on any atom is 0.329 e. The second kappa shape index (κ2) is 4.29. The van der Waals surface area contributed by atoms with Crippen LogP contribution in [0.1, 0.15) is 0 Å². The summed E-state index contributed by atoms with van der Waals surface area (Å²) >= 11 is 5.42. The van der Waals surface area contributed by atoms with Crippen molar-refractivity contribution in [1.29, 1.82) is 0 Å². The third kappa shape index (κ3) is 1.82. The summed E-state index contributed by atoms with van der Waals surface area (Å²) in [6, 6.07) is 0. The molecular weight excluding hydrogens is 274 g/mol. The Kier molecular flexibility index (Phi) is 3.19. The highest BCUT2D eigenvalue weighted by Crippen LogP contribution is 2.49. The van der Waals surface area contributed by atoms with Crippen LogP contribution in [0.25, 0.3) is 0 Å². The van der Waals surface area contributed by atoms with E-state index in [1.54, 1.807) is 0 Å². The molecule has 0 spiro atoms. The number of hydrogen-bond acceptors (Lipinski definition) is 8. The van der Waals surface area contributed by atoms with E-state index in [0.717, 1.165) is 0 Å². The van der Waals surface area contributed by atoms with Gasteiger partial charge in [0.2, 0.25) is 5.02 Å². The molecule has 1 rings (SSSR count). The van der Waals surface area contributed by atoms with E-state index in [2.05, 4.69) is 0 Å². The molecule has 11 nitrogen and oxygen atoms in total. The molecule has 0 bridgehead atoms. The lowest BCUT2D eigenvalue weighted by atomic mass is 10.1. The van der Waals surface area contributed by atoms with Crippen molar-refractivity contribution in [3.8, 4) is 0 Å². The van der Waals surface area contributed by atoms with Crippen molar-refractivity contribution >= 4 is 40.0 Å². The van der Waals surface area contributed by atoms with Crippen LogP contribution in [0.5, 0.6) is 0 Å². The third-order valence-electron chi connectivity index (χ3n) is 1.98. The lowest BCUT2D eigenvalue weighted by Gasteiger charge is -2.05. The van der Waals surface area contributed by atoms with Crippen LogP contribution in [-0.2, 0) is 0 Å². The zero-order chi connectivity index (χ0) is 14.2. The van der Waals surface area contributed by atoms with Crippen LogP contribution in [0.2, 0.25) is 5.02 Å². The van der Waals surface area contributed by atoms with Crippen LogP contribution in [0.3, 0.4) is 0 Å². The molecule has 12 heteroatoms. The summed E-state index contributed by atoms with van der Waals surface area (Å²) in [5, 5.41) is 31.0. The Bertz CT molecular complexity index is 484. The van der Waals surface area contributed by atoms with Gasteiger partial charge in [-0.05, 0) is 0 Å². The molecular formula is C6H4ClN5O6. The number of anilines is 2. The molecule has 96 valence electrons. The second-order valence-corrected chi connectivity index (χ2v) is 3.34. The highest BCUT2D eigenvalue weighted by atomic mass is 35.5. The first-order valence-electron chi connectivity index (χ1n) is 4.03. The summed E-state index contributed by atoms with van der Waals surface area (Å²) < 4.78 is 0. The van der Waals surface area contributed by atoms with Crippen molar-refractivity contribution in [2.75, 3.05) is 11.5 Å². The van der Waals surface area contributed by atoms with Crippen LogP contribution in [0.15, 0.2) is 0 Å². The van der Waals surface area contributed by atoms with E-state index in [1.165, 1.54) is 0 Å². The molecule has 0 atom stereocenters. The van der Waals surface area contributed by atoms with Gasteiger partial charge in [0.15, 0.2) is 11.4 Å². The molecule has 0 saturated carbocycles. The Labute approximate surface area is 102 Å². The molecule has 0 unspecified atom stereocenters. The van der Waals surface area contributed by atoms with E-state index in [4.69, 9.17) is 23.1 Å². The number of hydrogen-bond donors (Lipinski definition) is 2. The fourth-order valence-electron chi connectivity index (χ4n) is 1.27. The zero-order valence-electron chi connectivity index (χ0n) is 8.32. The van der Waals surface area contributed by atoms with Gasteiger partial charge in [0.05, 0.1) is 14.8 Å². The van der Waals surface area contributed by atoms with Gasteiger partial charge in [-0.3, -0.25) is 30.3 Å². The average molecular weight is 278 g/mol. The molecule has 0 radical (unpaired) electrons. The summed E-state index contributed by atoms with van der Waals surface area (Å²) in [6.45, 7) is 0. The topological polar surface area (TPSA) is 181 Å². The predicted octanol–water partition coefficient (Wildman–Crippen LogP) is 1.23. The minimum absolute atomic E-state index is 0.932. The second-order valence-electron chi connectivity index (χ2n) is 2.96. The van der Waals surface area contributed by atoms with E-state index >= 15 is 0 Å². The van der Waals surface area contributed by atoms with Crippen LogP contribution < -0.4 is 11.5 Å². The van der Waals surface area contributed by atoms with Gasteiger partial charge in [-0.1, -0.05) is 11.6 Å². The van der Waals surface area contributed by atoms with Gasteiger partial charge < -0.3 is 11.5 Å². The number of rotatable bonds is 3. The van der Waals surface area contributed by atoms with E-state index in [1.807, 2.05) is 0 Å². The Morgan fingerprint density at radius 3 is 1.28 bits per heavy atom. The molecule has 0 aromatic heterocycles. The fourth-order valence-corrected chi connectivity index (χ4v) is 1.61. The maximum atomic E-state index is 10.7. The van der Waals surface area contributed by atoms with Crippen molar-refractivity contribution in [1.82, 2.24) is 0 Å². The number of benzene rings is 1. The van der Waals surface area contributed by atoms with Gasteiger partial charge in [-0.25, -0.2) is 0 Å². The first-order chi connectivity index (χ1) is 8.20. The summed E-state index contributed by atoms with van der Waals surface area (Å²) in [4.78, 5) is 28.5. The largest absolute Gasteiger partial charge is 0.387 e. The van der Waals surface area contributed by atoms with E-state index in [0.29, 0.717) is 0 Å². The Hall–Kier alpha value is -2.69. The number of nitrogens with two attached hydrogens (primary N) is 2. The molecule has 0 aliphatic heterocycles. The quantitative estimate of drug-likeness (QED) is 0.469. The van der Waals surface area contributed by atoms with Crippen molar-refractivity contribution in [2.45, 2.75) is 0 Å². The van der Waals surface area contributed by atoms with Crippen LogP contribution in [0, 0.1) is 30.3 Å². The highest BCUT2D eigenvalue weighted by Gasteiger charge is 2.39. The monoisotopic (exact) mass is 277 g/mol. The van der Waals surface area contributed by atoms with Gasteiger partial charge in [-0.15, -0.1) is 0 Å². The first-order valence-corrected chi connectivity index (χ1v) is 4.41. The van der Waals surface area contributed by atoms with Gasteiger partial charge in [-0.2, -0.15) is 0 Å². The summed E-state index contributed by atoms with van der Waals surface area (Å²) in [7, 11) is 0. The van der Waals surface area contributed by atoms with Crippen LogP contribution >= 0.6 is 11.6 Å². The summed E-state index contributed by atoms with van der Waals surface area (Å²) in [5.41, 5.74) is 5.15. The van der Waals surface area contributed by atoms with E-state index in [-0.39, 0.29) is 0 Å². The lowest BCUT2D eigenvalue weighted by molar-refractivity contribution is -0.400. The minimum atomic E-state index is -1.16. The molecule has 0 aliphatic rings. The van der Waals surface area contributed by atoms with Crippen molar-refractivity contribution in [2.24, 2.45) is 0 Å². The lowest BCUT2D eigenvalue weighted by Crippen LogP contribution is -2.08. The average Bonchev–Trinajstić information content (AvgIpc) is 2.14. The molecule has 0 amide bonds. The molecule has 0 heterocycles. The van der Waals surface area contributed by atoms with Gasteiger partial charge in [0.1, 0.15) is 0 Å². The van der Waals surface area contributed by atoms with Gasteiger partial charge in [0.25, 0.3) is 0 Å². The van der Waals surface area contributed by atoms with Crippen molar-refractivity contribution in [3.05, 3.63) is 35.4 Å². The van der Waals surface area contributed by atoms with Crippen LogP contribution in [-0.4, -0.2) is 14.8 Å². The molecule has 0 aliphatic carbocycles. The number of nitro groups is 3. The van der Waals surface area contributed by atoms with Crippen molar-refractivity contribution in [3.63, 3.8) is 0 Å². The Morgan fingerprint density at radius 1 is 0.778 bits per heavy atom. The molecule has 1 aromatic rings. The van der Waals surface area contributed by atoms with E-state index < -0.39 is 48.2 Å². The number of halogens is 1. The molecule has 0 saturated heterocycles. The predicted molar refractivity (Wildman–Crippen MR) is 60.2 cm³/mol. The van der Waals surface area contributed by atoms with Gasteiger partial charge >= 0.3 is 17.1 Å². The Balaban J connectivity index is 3.94. The number of nitrogen functional groups attached to an aromatic ring is 2. The van der Waals surface area contributed by atoms with E-state index in [9.17, 15) is 30.3 Å². The molecule has 4 N–H and O–H groups in total. The van der Waals surface area contributed by atoms with Gasteiger partial charge in [0, 0.05) is 0 Å².